The van der Waals surface area contributed by atoms with Crippen LogP contribution in [0.4, 0.5) is 18.9 Å². The maximum absolute atomic E-state index is 12.2. The first-order chi connectivity index (χ1) is 12.3. The summed E-state index contributed by atoms with van der Waals surface area (Å²) in [5, 5.41) is 12.2. The maximum atomic E-state index is 12.2. The van der Waals surface area contributed by atoms with E-state index < -0.39 is 12.8 Å². The Kier molecular flexibility index (Phi) is 6.32. The predicted molar refractivity (Wildman–Crippen MR) is 89.6 cm³/mol. The number of carbonyl (C=O) groups excluding carboxylic acids is 1. The highest BCUT2D eigenvalue weighted by atomic mass is 19.4. The van der Waals surface area contributed by atoms with Gasteiger partial charge >= 0.3 is 6.18 Å². The molecule has 8 heteroatoms. The number of ether oxygens (including phenoxy) is 2. The van der Waals surface area contributed by atoms with Gasteiger partial charge < -0.3 is 19.9 Å². The van der Waals surface area contributed by atoms with Gasteiger partial charge in [-0.3, -0.25) is 4.79 Å². The molecule has 26 heavy (non-hydrogen) atoms. The zero-order valence-electron chi connectivity index (χ0n) is 14.0. The Labute approximate surface area is 148 Å². The normalized spacial score (nSPS) is 11.1. The number of nitrogens with one attached hydrogen (secondary N) is 1. The molecule has 0 saturated carbocycles. The number of carbonyl (C=O) groups is 1. The summed E-state index contributed by atoms with van der Waals surface area (Å²) in [6.07, 6.45) is -3.97. The van der Waals surface area contributed by atoms with E-state index in [9.17, 15) is 23.1 Å². The molecule has 0 atom stereocenters. The molecular weight excluding hydrogens is 351 g/mol. The Balaban J connectivity index is 1.95. The van der Waals surface area contributed by atoms with Gasteiger partial charge in [-0.2, -0.15) is 13.2 Å². The number of aromatic hydroxyl groups is 1. The Morgan fingerprint density at radius 1 is 1.15 bits per heavy atom. The van der Waals surface area contributed by atoms with E-state index in [0.29, 0.717) is 17.7 Å². The topological polar surface area (TPSA) is 67.8 Å². The molecule has 2 aromatic carbocycles. The molecule has 0 radical (unpaired) electrons. The van der Waals surface area contributed by atoms with Gasteiger partial charge in [0.25, 0.3) is 0 Å². The van der Waals surface area contributed by atoms with Crippen molar-refractivity contribution in [3.05, 3.63) is 48.0 Å². The fourth-order valence-corrected chi connectivity index (χ4v) is 2.20. The van der Waals surface area contributed by atoms with Gasteiger partial charge in [-0.15, -0.1) is 0 Å². The van der Waals surface area contributed by atoms with Crippen molar-refractivity contribution in [1.29, 1.82) is 0 Å². The van der Waals surface area contributed by atoms with Gasteiger partial charge in [-0.1, -0.05) is 18.2 Å². The van der Waals surface area contributed by atoms with Crippen molar-refractivity contribution in [2.75, 3.05) is 19.0 Å². The van der Waals surface area contributed by atoms with E-state index in [4.69, 9.17) is 9.47 Å². The lowest BCUT2D eigenvalue weighted by Gasteiger charge is -2.13. The van der Waals surface area contributed by atoms with Crippen LogP contribution in [0.15, 0.2) is 42.5 Å². The smallest absolute Gasteiger partial charge is 0.422 e. The SMILES string of the molecule is COc1cc(CCC(=O)Nc2ccccc2O)ccc1OCC(F)(F)F. The van der Waals surface area contributed by atoms with E-state index in [1.54, 1.807) is 24.3 Å². The first-order valence-electron chi connectivity index (χ1n) is 7.73. The van der Waals surface area contributed by atoms with Crippen molar-refractivity contribution in [1.82, 2.24) is 0 Å². The number of methoxy groups -OCH3 is 1. The molecule has 0 aromatic heterocycles. The lowest BCUT2D eigenvalue weighted by atomic mass is 10.1. The molecule has 2 N–H and O–H groups in total. The van der Waals surface area contributed by atoms with Gasteiger partial charge in [0.2, 0.25) is 5.91 Å². The molecule has 0 heterocycles. The summed E-state index contributed by atoms with van der Waals surface area (Å²) in [6.45, 7) is -1.41. The van der Waals surface area contributed by atoms with Crippen molar-refractivity contribution < 1.29 is 32.5 Å². The van der Waals surface area contributed by atoms with Gasteiger partial charge in [0.15, 0.2) is 18.1 Å². The molecule has 0 spiro atoms. The van der Waals surface area contributed by atoms with E-state index in [1.165, 1.54) is 25.3 Å². The number of rotatable bonds is 7. The van der Waals surface area contributed by atoms with Crippen molar-refractivity contribution >= 4 is 11.6 Å². The van der Waals surface area contributed by atoms with E-state index >= 15 is 0 Å². The Hall–Kier alpha value is -2.90. The average molecular weight is 369 g/mol. The number of aryl methyl sites for hydroxylation is 1. The minimum absolute atomic E-state index is 0.0211. The summed E-state index contributed by atoms with van der Waals surface area (Å²) < 4.78 is 46.5. The molecule has 140 valence electrons. The summed E-state index contributed by atoms with van der Waals surface area (Å²) in [5.41, 5.74) is 1.01. The van der Waals surface area contributed by atoms with E-state index in [-0.39, 0.29) is 29.6 Å². The number of halogens is 3. The maximum Gasteiger partial charge on any atom is 0.422 e. The number of phenolic OH excluding ortho intramolecular Hbond substituents is 1. The predicted octanol–water partition coefficient (Wildman–Crippen LogP) is 3.91. The molecule has 5 nitrogen and oxygen atoms in total. The molecular formula is C18H18F3NO4. The highest BCUT2D eigenvalue weighted by Crippen LogP contribution is 2.30. The number of alkyl halides is 3. The Bertz CT molecular complexity index is 762. The standard InChI is InChI=1S/C18H18F3NO4/c1-25-16-10-12(6-8-15(16)26-11-18(19,20)21)7-9-17(24)22-13-4-2-3-5-14(13)23/h2-6,8,10,23H,7,9,11H2,1H3,(H,22,24). The Morgan fingerprint density at radius 3 is 2.54 bits per heavy atom. The number of hydrogen-bond donors (Lipinski definition) is 2. The minimum atomic E-state index is -4.44. The molecule has 0 bridgehead atoms. The van der Waals surface area contributed by atoms with Crippen LogP contribution < -0.4 is 14.8 Å². The second-order valence-electron chi connectivity index (χ2n) is 5.45. The molecule has 0 unspecified atom stereocenters. The molecule has 0 aliphatic carbocycles. The molecule has 0 aliphatic rings. The van der Waals surface area contributed by atoms with Gasteiger partial charge in [-0.05, 0) is 36.2 Å². The van der Waals surface area contributed by atoms with Gasteiger partial charge in [0, 0.05) is 6.42 Å². The second-order valence-corrected chi connectivity index (χ2v) is 5.45. The molecule has 0 fully saturated rings. The van der Waals surface area contributed by atoms with Crippen LogP contribution in [-0.2, 0) is 11.2 Å². The molecule has 1 amide bonds. The Morgan fingerprint density at radius 2 is 1.88 bits per heavy atom. The van der Waals surface area contributed by atoms with Gasteiger partial charge in [0.1, 0.15) is 5.75 Å². The van der Waals surface area contributed by atoms with Crippen molar-refractivity contribution in [2.45, 2.75) is 19.0 Å². The summed E-state index contributed by atoms with van der Waals surface area (Å²) in [7, 11) is 1.32. The quantitative estimate of drug-likeness (QED) is 0.726. The number of phenols is 1. The third-order valence-electron chi connectivity index (χ3n) is 3.44. The largest absolute Gasteiger partial charge is 0.506 e. The summed E-state index contributed by atoms with van der Waals surface area (Å²) in [6, 6.07) is 10.8. The fraction of sp³-hybridized carbons (Fsp3) is 0.278. The van der Waals surface area contributed by atoms with Crippen LogP contribution >= 0.6 is 0 Å². The molecule has 2 rings (SSSR count). The lowest BCUT2D eigenvalue weighted by molar-refractivity contribution is -0.153. The number of benzene rings is 2. The van der Waals surface area contributed by atoms with Crippen molar-refractivity contribution in [3.8, 4) is 17.2 Å². The highest BCUT2D eigenvalue weighted by Gasteiger charge is 2.29. The third kappa shape index (κ3) is 5.87. The number of anilines is 1. The van der Waals surface area contributed by atoms with Crippen LogP contribution in [0.25, 0.3) is 0 Å². The van der Waals surface area contributed by atoms with Crippen LogP contribution in [0.5, 0.6) is 17.2 Å². The van der Waals surface area contributed by atoms with Crippen LogP contribution in [-0.4, -0.2) is 30.9 Å². The summed E-state index contributed by atoms with van der Waals surface area (Å²) in [5.74, 6) is -0.198. The number of amides is 1. The number of hydrogen-bond acceptors (Lipinski definition) is 4. The number of para-hydroxylation sites is 2. The van der Waals surface area contributed by atoms with E-state index in [2.05, 4.69) is 5.32 Å². The van der Waals surface area contributed by atoms with Crippen molar-refractivity contribution in [2.24, 2.45) is 0 Å². The average Bonchev–Trinajstić information content (AvgIpc) is 2.59. The monoisotopic (exact) mass is 369 g/mol. The van der Waals surface area contributed by atoms with Gasteiger partial charge in [0.05, 0.1) is 12.8 Å². The van der Waals surface area contributed by atoms with E-state index in [0.717, 1.165) is 0 Å². The lowest BCUT2D eigenvalue weighted by Crippen LogP contribution is -2.19. The first kappa shape index (κ1) is 19.4. The van der Waals surface area contributed by atoms with Crippen LogP contribution in [0, 0.1) is 0 Å². The first-order valence-corrected chi connectivity index (χ1v) is 7.73. The molecule has 0 saturated heterocycles. The van der Waals surface area contributed by atoms with Crippen molar-refractivity contribution in [3.63, 3.8) is 0 Å². The zero-order valence-corrected chi connectivity index (χ0v) is 14.0. The van der Waals surface area contributed by atoms with Crippen LogP contribution in [0.1, 0.15) is 12.0 Å². The zero-order chi connectivity index (χ0) is 19.2. The van der Waals surface area contributed by atoms with Crippen LogP contribution in [0.2, 0.25) is 0 Å². The summed E-state index contributed by atoms with van der Waals surface area (Å²) in [4.78, 5) is 12.0. The van der Waals surface area contributed by atoms with Gasteiger partial charge in [-0.25, -0.2) is 0 Å². The van der Waals surface area contributed by atoms with Crippen LogP contribution in [0.3, 0.4) is 0 Å². The fourth-order valence-electron chi connectivity index (χ4n) is 2.20. The second kappa shape index (κ2) is 8.46. The minimum Gasteiger partial charge on any atom is -0.506 e. The summed E-state index contributed by atoms with van der Waals surface area (Å²) >= 11 is 0. The van der Waals surface area contributed by atoms with E-state index in [1.807, 2.05) is 0 Å². The highest BCUT2D eigenvalue weighted by molar-refractivity contribution is 5.92. The molecule has 2 aromatic rings. The molecule has 0 aliphatic heterocycles. The third-order valence-corrected chi connectivity index (χ3v) is 3.44.